The Labute approximate surface area is 97.6 Å². The summed E-state index contributed by atoms with van der Waals surface area (Å²) in [6.45, 7) is 5.70. The van der Waals surface area contributed by atoms with Gasteiger partial charge in [-0.1, -0.05) is 6.07 Å². The lowest BCUT2D eigenvalue weighted by atomic mass is 10.3. The van der Waals surface area contributed by atoms with Crippen LogP contribution in [0.4, 0.5) is 5.82 Å². The van der Waals surface area contributed by atoms with Crippen LogP contribution in [0.15, 0.2) is 18.2 Å². The average Bonchev–Trinajstić information content (AvgIpc) is 2.17. The van der Waals surface area contributed by atoms with Crippen LogP contribution in [0.3, 0.4) is 0 Å². The van der Waals surface area contributed by atoms with E-state index in [-0.39, 0.29) is 0 Å². The van der Waals surface area contributed by atoms with Crippen molar-refractivity contribution in [3.05, 3.63) is 18.2 Å². The molecule has 0 radical (unpaired) electrons. The molecule has 1 aromatic rings. The van der Waals surface area contributed by atoms with Crippen LogP contribution in [0.5, 0.6) is 5.88 Å². The van der Waals surface area contributed by atoms with Gasteiger partial charge in [-0.2, -0.15) is 4.98 Å². The van der Waals surface area contributed by atoms with Crippen molar-refractivity contribution in [1.82, 2.24) is 9.88 Å². The molecular weight excluding hydrogens is 202 g/mol. The molecule has 1 atom stereocenters. The van der Waals surface area contributed by atoms with Gasteiger partial charge in [0.15, 0.2) is 0 Å². The maximum absolute atomic E-state index is 5.35. The van der Waals surface area contributed by atoms with Gasteiger partial charge in [0.25, 0.3) is 0 Å². The fraction of sp³-hybridized carbons (Fsp3) is 0.583. The predicted molar refractivity (Wildman–Crippen MR) is 67.0 cm³/mol. The van der Waals surface area contributed by atoms with E-state index >= 15 is 0 Å². The molecule has 4 nitrogen and oxygen atoms in total. The van der Waals surface area contributed by atoms with Crippen LogP contribution in [0.25, 0.3) is 0 Å². The lowest BCUT2D eigenvalue weighted by molar-refractivity contribution is 0.327. The molecule has 0 aliphatic rings. The molecule has 16 heavy (non-hydrogen) atoms. The van der Waals surface area contributed by atoms with Crippen molar-refractivity contribution in [2.75, 3.05) is 32.6 Å². The monoisotopic (exact) mass is 223 g/mol. The Hall–Kier alpha value is -1.29. The maximum atomic E-state index is 5.35. The third-order valence-electron chi connectivity index (χ3n) is 2.05. The highest BCUT2D eigenvalue weighted by molar-refractivity contribution is 5.37. The smallest absolute Gasteiger partial charge is 0.215 e. The fourth-order valence-corrected chi connectivity index (χ4v) is 1.57. The minimum Gasteiger partial charge on any atom is -0.478 e. The second-order valence-corrected chi connectivity index (χ2v) is 4.10. The van der Waals surface area contributed by atoms with Crippen LogP contribution in [0.1, 0.15) is 13.8 Å². The lowest BCUT2D eigenvalue weighted by Crippen LogP contribution is -2.29. The number of hydrogen-bond donors (Lipinski definition) is 1. The van der Waals surface area contributed by atoms with Crippen molar-refractivity contribution >= 4 is 5.82 Å². The Morgan fingerprint density at radius 3 is 2.81 bits per heavy atom. The highest BCUT2D eigenvalue weighted by atomic mass is 16.5. The van der Waals surface area contributed by atoms with Gasteiger partial charge >= 0.3 is 0 Å². The molecule has 0 saturated heterocycles. The number of likely N-dealkylation sites (N-methyl/N-ethyl adjacent to an activating group) is 1. The van der Waals surface area contributed by atoms with Crippen molar-refractivity contribution in [1.29, 1.82) is 0 Å². The van der Waals surface area contributed by atoms with Crippen molar-refractivity contribution in [2.24, 2.45) is 0 Å². The van der Waals surface area contributed by atoms with Crippen LogP contribution in [0, 0.1) is 0 Å². The minimum absolute atomic E-state index is 0.361. The van der Waals surface area contributed by atoms with Crippen LogP contribution in [0.2, 0.25) is 0 Å². The third kappa shape index (κ3) is 4.49. The fourth-order valence-electron chi connectivity index (χ4n) is 1.57. The molecule has 1 rings (SSSR count). The SMILES string of the molecule is CCOc1cccc(NC(C)CN(C)C)n1. The summed E-state index contributed by atoms with van der Waals surface area (Å²) in [5.74, 6) is 1.53. The van der Waals surface area contributed by atoms with Gasteiger partial charge in [0, 0.05) is 18.7 Å². The lowest BCUT2D eigenvalue weighted by Gasteiger charge is -2.18. The van der Waals surface area contributed by atoms with Gasteiger partial charge < -0.3 is 15.0 Å². The first-order valence-electron chi connectivity index (χ1n) is 5.63. The van der Waals surface area contributed by atoms with Gasteiger partial charge in [-0.3, -0.25) is 0 Å². The van der Waals surface area contributed by atoms with Gasteiger partial charge in [-0.25, -0.2) is 0 Å². The van der Waals surface area contributed by atoms with E-state index in [0.717, 1.165) is 12.4 Å². The van der Waals surface area contributed by atoms with Gasteiger partial charge in [-0.15, -0.1) is 0 Å². The van der Waals surface area contributed by atoms with E-state index in [4.69, 9.17) is 4.74 Å². The highest BCUT2D eigenvalue weighted by Crippen LogP contribution is 2.12. The number of rotatable bonds is 6. The first kappa shape index (κ1) is 12.8. The van der Waals surface area contributed by atoms with Gasteiger partial charge in [0.05, 0.1) is 6.61 Å². The van der Waals surface area contributed by atoms with Crippen LogP contribution >= 0.6 is 0 Å². The molecule has 1 heterocycles. The Kier molecular flexibility index (Phi) is 5.05. The molecular formula is C12H21N3O. The maximum Gasteiger partial charge on any atom is 0.215 e. The molecule has 0 bridgehead atoms. The molecule has 0 amide bonds. The predicted octanol–water partition coefficient (Wildman–Crippen LogP) is 1.84. The number of nitrogens with zero attached hydrogens (tertiary/aromatic N) is 2. The molecule has 0 aliphatic heterocycles. The summed E-state index contributed by atoms with van der Waals surface area (Å²) in [5.41, 5.74) is 0. The number of aromatic nitrogens is 1. The van der Waals surface area contributed by atoms with Gasteiger partial charge in [0.1, 0.15) is 5.82 Å². The Morgan fingerprint density at radius 1 is 1.44 bits per heavy atom. The quantitative estimate of drug-likeness (QED) is 0.798. The largest absolute Gasteiger partial charge is 0.478 e. The van der Waals surface area contributed by atoms with Crippen molar-refractivity contribution in [3.8, 4) is 5.88 Å². The number of pyridine rings is 1. The average molecular weight is 223 g/mol. The number of ether oxygens (including phenoxy) is 1. The summed E-state index contributed by atoms with van der Waals surface area (Å²) in [7, 11) is 4.12. The summed E-state index contributed by atoms with van der Waals surface area (Å²) in [6.07, 6.45) is 0. The minimum atomic E-state index is 0.361. The number of hydrogen-bond acceptors (Lipinski definition) is 4. The van der Waals surface area contributed by atoms with Crippen molar-refractivity contribution in [3.63, 3.8) is 0 Å². The Balaban J connectivity index is 2.55. The van der Waals surface area contributed by atoms with E-state index in [0.29, 0.717) is 18.5 Å². The first-order valence-corrected chi connectivity index (χ1v) is 5.63. The summed E-state index contributed by atoms with van der Waals surface area (Å²) < 4.78 is 5.35. The molecule has 0 aromatic carbocycles. The van der Waals surface area contributed by atoms with E-state index < -0.39 is 0 Å². The molecule has 0 saturated carbocycles. The van der Waals surface area contributed by atoms with Crippen molar-refractivity contribution in [2.45, 2.75) is 19.9 Å². The number of nitrogens with one attached hydrogen (secondary N) is 1. The van der Waals surface area contributed by atoms with E-state index in [1.165, 1.54) is 0 Å². The molecule has 1 aromatic heterocycles. The normalized spacial score (nSPS) is 12.6. The molecule has 0 fully saturated rings. The summed E-state index contributed by atoms with van der Waals surface area (Å²) in [5, 5.41) is 3.34. The second kappa shape index (κ2) is 6.33. The third-order valence-corrected chi connectivity index (χ3v) is 2.05. The summed E-state index contributed by atoms with van der Waals surface area (Å²) in [6, 6.07) is 6.13. The Morgan fingerprint density at radius 2 is 2.19 bits per heavy atom. The molecule has 0 spiro atoms. The van der Waals surface area contributed by atoms with Gasteiger partial charge in [0.2, 0.25) is 5.88 Å². The molecule has 1 unspecified atom stereocenters. The van der Waals surface area contributed by atoms with E-state index in [9.17, 15) is 0 Å². The molecule has 4 heteroatoms. The summed E-state index contributed by atoms with van der Waals surface area (Å²) in [4.78, 5) is 6.50. The first-order chi connectivity index (χ1) is 7.61. The Bertz CT molecular complexity index is 315. The van der Waals surface area contributed by atoms with Crippen molar-refractivity contribution < 1.29 is 4.74 Å². The van der Waals surface area contributed by atoms with Crippen LogP contribution < -0.4 is 10.1 Å². The molecule has 90 valence electrons. The topological polar surface area (TPSA) is 37.4 Å². The summed E-state index contributed by atoms with van der Waals surface area (Å²) >= 11 is 0. The standard InChI is InChI=1S/C12H21N3O/c1-5-16-12-8-6-7-11(14-12)13-10(2)9-15(3)4/h6-8,10H,5,9H2,1-4H3,(H,13,14). The van der Waals surface area contributed by atoms with Crippen LogP contribution in [-0.4, -0.2) is 43.2 Å². The second-order valence-electron chi connectivity index (χ2n) is 4.10. The van der Waals surface area contributed by atoms with Crippen LogP contribution in [-0.2, 0) is 0 Å². The van der Waals surface area contributed by atoms with E-state index in [2.05, 4.69) is 36.2 Å². The van der Waals surface area contributed by atoms with E-state index in [1.54, 1.807) is 0 Å². The van der Waals surface area contributed by atoms with Gasteiger partial charge in [-0.05, 0) is 34.0 Å². The zero-order chi connectivity index (χ0) is 12.0. The number of anilines is 1. The zero-order valence-corrected chi connectivity index (χ0v) is 10.5. The highest BCUT2D eigenvalue weighted by Gasteiger charge is 2.04. The molecule has 0 aliphatic carbocycles. The van der Waals surface area contributed by atoms with E-state index in [1.807, 2.05) is 25.1 Å². The zero-order valence-electron chi connectivity index (χ0n) is 10.5. The molecule has 1 N–H and O–H groups in total.